The van der Waals surface area contributed by atoms with Crippen molar-refractivity contribution in [2.24, 2.45) is 0 Å². The van der Waals surface area contributed by atoms with Crippen molar-refractivity contribution in [2.45, 2.75) is 32.4 Å². The molecule has 7 nitrogen and oxygen atoms in total. The van der Waals surface area contributed by atoms with E-state index in [-0.39, 0.29) is 12.6 Å². The van der Waals surface area contributed by atoms with E-state index in [1.54, 1.807) is 38.2 Å². The van der Waals surface area contributed by atoms with Crippen molar-refractivity contribution in [1.29, 1.82) is 0 Å². The lowest BCUT2D eigenvalue weighted by Crippen LogP contribution is -2.51. The van der Waals surface area contributed by atoms with E-state index in [0.29, 0.717) is 5.56 Å². The molecule has 0 radical (unpaired) electrons. The second kappa shape index (κ2) is 6.37. The van der Waals surface area contributed by atoms with E-state index in [0.717, 1.165) is 5.01 Å². The lowest BCUT2D eigenvalue weighted by Gasteiger charge is -2.23. The first-order chi connectivity index (χ1) is 10.8. The van der Waals surface area contributed by atoms with Gasteiger partial charge in [0.05, 0.1) is 6.54 Å². The van der Waals surface area contributed by atoms with Gasteiger partial charge in [0.25, 0.3) is 11.8 Å². The lowest BCUT2D eigenvalue weighted by molar-refractivity contribution is -0.139. The summed E-state index contributed by atoms with van der Waals surface area (Å²) in [6, 6.07) is 8.47. The maximum absolute atomic E-state index is 12.6. The van der Waals surface area contributed by atoms with Gasteiger partial charge in [-0.05, 0) is 33.4 Å². The van der Waals surface area contributed by atoms with Crippen molar-refractivity contribution in [3.63, 3.8) is 0 Å². The first-order valence-corrected chi connectivity index (χ1v) is 7.47. The number of nitrogens with zero attached hydrogens (tertiary/aromatic N) is 2. The van der Waals surface area contributed by atoms with E-state index < -0.39 is 23.4 Å². The van der Waals surface area contributed by atoms with Crippen LogP contribution in [0.25, 0.3) is 0 Å². The van der Waals surface area contributed by atoms with Crippen molar-refractivity contribution in [3.8, 4) is 0 Å². The lowest BCUT2D eigenvalue weighted by atomic mass is 9.92. The molecule has 4 amide bonds. The van der Waals surface area contributed by atoms with Gasteiger partial charge in [-0.25, -0.2) is 4.79 Å². The molecule has 1 aliphatic rings. The summed E-state index contributed by atoms with van der Waals surface area (Å²) in [4.78, 5) is 38.5. The van der Waals surface area contributed by atoms with E-state index in [4.69, 9.17) is 0 Å². The minimum Gasteiger partial charge on any atom is -0.318 e. The largest absolute Gasteiger partial charge is 0.344 e. The van der Waals surface area contributed by atoms with Crippen LogP contribution in [-0.2, 0) is 15.1 Å². The Hall–Kier alpha value is -2.41. The zero-order valence-corrected chi connectivity index (χ0v) is 13.8. The van der Waals surface area contributed by atoms with Crippen LogP contribution in [0.3, 0.4) is 0 Å². The van der Waals surface area contributed by atoms with Gasteiger partial charge in [-0.15, -0.1) is 0 Å². The molecule has 1 unspecified atom stereocenters. The number of benzene rings is 1. The number of imide groups is 1. The normalized spacial score (nSPS) is 21.0. The van der Waals surface area contributed by atoms with Gasteiger partial charge in [-0.1, -0.05) is 30.3 Å². The third-order valence-electron chi connectivity index (χ3n) is 4.05. The zero-order chi connectivity index (χ0) is 17.2. The first-order valence-electron chi connectivity index (χ1n) is 7.47. The Morgan fingerprint density at radius 2 is 1.91 bits per heavy atom. The number of amides is 4. The maximum Gasteiger partial charge on any atom is 0.344 e. The minimum atomic E-state index is -1.18. The van der Waals surface area contributed by atoms with Crippen molar-refractivity contribution in [2.75, 3.05) is 13.6 Å². The molecule has 2 N–H and O–H groups in total. The topological polar surface area (TPSA) is 81.8 Å². The number of hydrogen-bond acceptors (Lipinski definition) is 4. The average molecular weight is 318 g/mol. The van der Waals surface area contributed by atoms with Crippen LogP contribution >= 0.6 is 0 Å². The van der Waals surface area contributed by atoms with Crippen LogP contribution in [0.5, 0.6) is 0 Å². The number of urea groups is 1. The number of likely N-dealkylation sites (N-methyl/N-ethyl adjacent to an activating group) is 1. The molecule has 124 valence electrons. The Bertz CT molecular complexity index is 617. The molecule has 0 spiro atoms. The van der Waals surface area contributed by atoms with Crippen LogP contribution in [0.4, 0.5) is 4.79 Å². The van der Waals surface area contributed by atoms with E-state index in [2.05, 4.69) is 10.7 Å². The minimum absolute atomic E-state index is 0.0940. The molecule has 0 bridgehead atoms. The Kier molecular flexibility index (Phi) is 4.70. The highest BCUT2D eigenvalue weighted by molar-refractivity contribution is 6.08. The molecule has 2 rings (SSSR count). The molecule has 1 aliphatic heterocycles. The summed E-state index contributed by atoms with van der Waals surface area (Å²) in [5.41, 5.74) is 1.86. The highest BCUT2D eigenvalue weighted by atomic mass is 16.2. The number of hydrazine groups is 1. The highest BCUT2D eigenvalue weighted by Crippen LogP contribution is 2.27. The van der Waals surface area contributed by atoms with Crippen LogP contribution in [0.1, 0.15) is 26.3 Å². The monoisotopic (exact) mass is 318 g/mol. The van der Waals surface area contributed by atoms with Gasteiger partial charge in [0.15, 0.2) is 0 Å². The van der Waals surface area contributed by atoms with Crippen LogP contribution in [0.2, 0.25) is 0 Å². The van der Waals surface area contributed by atoms with Crippen LogP contribution in [-0.4, -0.2) is 47.4 Å². The van der Waals surface area contributed by atoms with Gasteiger partial charge < -0.3 is 5.32 Å². The fourth-order valence-electron chi connectivity index (χ4n) is 2.28. The van der Waals surface area contributed by atoms with E-state index in [9.17, 15) is 14.4 Å². The summed E-state index contributed by atoms with van der Waals surface area (Å²) in [5, 5.41) is 3.39. The summed E-state index contributed by atoms with van der Waals surface area (Å²) in [7, 11) is 1.80. The smallest absolute Gasteiger partial charge is 0.318 e. The number of rotatable bonds is 5. The van der Waals surface area contributed by atoms with E-state index in [1.165, 1.54) is 0 Å². The van der Waals surface area contributed by atoms with Gasteiger partial charge in [0, 0.05) is 6.04 Å². The molecule has 1 aromatic rings. The van der Waals surface area contributed by atoms with Crippen molar-refractivity contribution in [3.05, 3.63) is 35.9 Å². The van der Waals surface area contributed by atoms with Crippen molar-refractivity contribution < 1.29 is 14.4 Å². The van der Waals surface area contributed by atoms with Gasteiger partial charge in [0.1, 0.15) is 5.54 Å². The Morgan fingerprint density at radius 3 is 2.48 bits per heavy atom. The van der Waals surface area contributed by atoms with E-state index >= 15 is 0 Å². The predicted molar refractivity (Wildman–Crippen MR) is 85.1 cm³/mol. The van der Waals surface area contributed by atoms with Gasteiger partial charge in [0.2, 0.25) is 0 Å². The number of carbonyl (C=O) groups excluding carboxylic acids is 3. The van der Waals surface area contributed by atoms with Gasteiger partial charge >= 0.3 is 6.03 Å². The average Bonchev–Trinajstić information content (AvgIpc) is 2.72. The fraction of sp³-hybridized carbons (Fsp3) is 0.438. The van der Waals surface area contributed by atoms with Crippen LogP contribution in [0, 0.1) is 0 Å². The molecule has 7 heteroatoms. The third kappa shape index (κ3) is 3.34. The molecule has 1 atom stereocenters. The molecule has 1 saturated heterocycles. The fourth-order valence-corrected chi connectivity index (χ4v) is 2.28. The van der Waals surface area contributed by atoms with Crippen LogP contribution < -0.4 is 10.7 Å². The van der Waals surface area contributed by atoms with Crippen molar-refractivity contribution >= 4 is 17.8 Å². The molecule has 1 fully saturated rings. The quantitative estimate of drug-likeness (QED) is 0.788. The number of carbonyl (C=O) groups is 3. The first kappa shape index (κ1) is 17.0. The standard InChI is InChI=1S/C16H22N4O3/c1-11(2)19(4)10-13(21)18-20-14(22)16(3,17-15(20)23)12-8-6-5-7-9-12/h5-9,11H,10H2,1-4H3,(H,17,23)(H,18,21). The number of nitrogens with one attached hydrogen (secondary N) is 2. The SMILES string of the molecule is CC(C)N(C)CC(=O)NN1C(=O)NC(C)(c2ccccc2)C1=O. The highest BCUT2D eigenvalue weighted by Gasteiger charge is 2.49. The predicted octanol–water partition coefficient (Wildman–Crippen LogP) is 0.825. The third-order valence-corrected chi connectivity index (χ3v) is 4.05. The summed E-state index contributed by atoms with van der Waals surface area (Å²) in [6.07, 6.45) is 0. The second-order valence-electron chi connectivity index (χ2n) is 6.11. The molecular weight excluding hydrogens is 296 g/mol. The molecule has 0 saturated carbocycles. The summed E-state index contributed by atoms with van der Waals surface area (Å²) >= 11 is 0. The molecule has 23 heavy (non-hydrogen) atoms. The maximum atomic E-state index is 12.6. The molecule has 0 aliphatic carbocycles. The molecule has 1 aromatic carbocycles. The van der Waals surface area contributed by atoms with Crippen molar-refractivity contribution in [1.82, 2.24) is 20.7 Å². The Labute approximate surface area is 135 Å². The van der Waals surface area contributed by atoms with Gasteiger partial charge in [-0.2, -0.15) is 5.01 Å². The molecule has 1 heterocycles. The zero-order valence-electron chi connectivity index (χ0n) is 13.8. The Balaban J connectivity index is 2.12. The van der Waals surface area contributed by atoms with Crippen LogP contribution in [0.15, 0.2) is 30.3 Å². The van der Waals surface area contributed by atoms with Gasteiger partial charge in [-0.3, -0.25) is 19.9 Å². The number of hydrogen-bond donors (Lipinski definition) is 2. The Morgan fingerprint density at radius 1 is 1.30 bits per heavy atom. The van der Waals surface area contributed by atoms with E-state index in [1.807, 2.05) is 24.8 Å². The summed E-state index contributed by atoms with van der Waals surface area (Å²) in [6.45, 7) is 5.62. The summed E-state index contributed by atoms with van der Waals surface area (Å²) in [5.74, 6) is -0.920. The summed E-state index contributed by atoms with van der Waals surface area (Å²) < 4.78 is 0. The second-order valence-corrected chi connectivity index (χ2v) is 6.11. The molecule has 0 aromatic heterocycles. The molecular formula is C16H22N4O3.